The summed E-state index contributed by atoms with van der Waals surface area (Å²) in [4.78, 5) is 12.0. The van der Waals surface area contributed by atoms with Crippen molar-refractivity contribution in [1.29, 1.82) is 0 Å². The van der Waals surface area contributed by atoms with Gasteiger partial charge in [-0.3, -0.25) is 4.79 Å². The zero-order valence-electron chi connectivity index (χ0n) is 21.5. The highest BCUT2D eigenvalue weighted by Crippen LogP contribution is 2.42. The molecule has 0 bridgehead atoms. The summed E-state index contributed by atoms with van der Waals surface area (Å²) in [7, 11) is 0. The predicted octanol–water partition coefficient (Wildman–Crippen LogP) is 4.63. The molecule has 38 heavy (non-hydrogen) atoms. The van der Waals surface area contributed by atoms with Crippen LogP contribution in [0.25, 0.3) is 0 Å². The largest absolute Gasteiger partial charge is 0.456 e. The first-order valence-corrected chi connectivity index (χ1v) is 12.5. The van der Waals surface area contributed by atoms with Crippen LogP contribution in [0.15, 0.2) is 96.2 Å². The van der Waals surface area contributed by atoms with Gasteiger partial charge >= 0.3 is 5.97 Å². The van der Waals surface area contributed by atoms with Crippen molar-refractivity contribution in [3.63, 3.8) is 0 Å². The second kappa shape index (κ2) is 10.7. The van der Waals surface area contributed by atoms with Crippen LogP contribution in [0, 0.1) is 0 Å². The number of benzene rings is 3. The SMILES string of the molecule is CC(=O)O[C@@H]1[C@H]2OC(C)(C)O[C@H]2O[C@H]1/C(COC(c1ccccc1)(c1ccccc1)c1ccccc1)=N\O. The number of esters is 1. The third-order valence-electron chi connectivity index (χ3n) is 6.73. The summed E-state index contributed by atoms with van der Waals surface area (Å²) < 4.78 is 30.2. The van der Waals surface area contributed by atoms with Crippen molar-refractivity contribution in [3.05, 3.63) is 108 Å². The standard InChI is InChI=1S/C30H31NO7/c1-20(32)35-26-25(36-28-27(26)37-29(2,3)38-28)24(31-33)19-34-30(21-13-7-4-8-14-21,22-15-9-5-10-16-22)23-17-11-6-12-18-23/h4-18,25-28,33H,19H2,1-3H3/b31-24-/t25-,26-,27+,28+/m0/s1. The Bertz CT molecular complexity index is 1170. The fourth-order valence-electron chi connectivity index (χ4n) is 5.19. The van der Waals surface area contributed by atoms with Gasteiger partial charge in [0, 0.05) is 6.92 Å². The zero-order chi connectivity index (χ0) is 26.8. The Labute approximate surface area is 221 Å². The highest BCUT2D eigenvalue weighted by molar-refractivity contribution is 5.91. The molecule has 0 aliphatic carbocycles. The second-order valence-corrected chi connectivity index (χ2v) is 9.76. The maximum Gasteiger partial charge on any atom is 0.303 e. The molecule has 3 aromatic carbocycles. The van der Waals surface area contributed by atoms with Gasteiger partial charge in [0.05, 0.1) is 6.61 Å². The molecule has 1 N–H and O–H groups in total. The molecule has 3 aromatic rings. The van der Waals surface area contributed by atoms with E-state index in [-0.39, 0.29) is 12.3 Å². The minimum atomic E-state index is -1.04. The van der Waals surface area contributed by atoms with E-state index < -0.39 is 42.0 Å². The first-order valence-electron chi connectivity index (χ1n) is 12.5. The highest BCUT2D eigenvalue weighted by atomic mass is 16.8. The fraction of sp³-hybridized carbons (Fsp3) is 0.333. The van der Waals surface area contributed by atoms with Crippen molar-refractivity contribution < 1.29 is 33.7 Å². The molecule has 5 rings (SSSR count). The normalized spacial score (nSPS) is 24.7. The summed E-state index contributed by atoms with van der Waals surface area (Å²) in [5.41, 5.74) is 1.78. The molecule has 8 nitrogen and oxygen atoms in total. The number of ether oxygens (including phenoxy) is 5. The molecular weight excluding hydrogens is 486 g/mol. The number of carbonyl (C=O) groups is 1. The lowest BCUT2D eigenvalue weighted by Gasteiger charge is -2.36. The van der Waals surface area contributed by atoms with E-state index in [1.165, 1.54) is 6.92 Å². The summed E-state index contributed by atoms with van der Waals surface area (Å²) >= 11 is 0. The smallest absolute Gasteiger partial charge is 0.303 e. The fourth-order valence-corrected chi connectivity index (χ4v) is 5.19. The highest BCUT2D eigenvalue weighted by Gasteiger charge is 2.58. The van der Waals surface area contributed by atoms with Crippen LogP contribution in [0.5, 0.6) is 0 Å². The monoisotopic (exact) mass is 517 g/mol. The first kappa shape index (κ1) is 26.1. The zero-order valence-corrected chi connectivity index (χ0v) is 21.5. The number of fused-ring (bicyclic) bond motifs is 1. The molecule has 0 radical (unpaired) electrons. The molecule has 8 heteroatoms. The Morgan fingerprint density at radius 2 is 1.39 bits per heavy atom. The van der Waals surface area contributed by atoms with Gasteiger partial charge < -0.3 is 28.9 Å². The van der Waals surface area contributed by atoms with Gasteiger partial charge in [0.2, 0.25) is 0 Å². The van der Waals surface area contributed by atoms with Crippen molar-refractivity contribution in [2.45, 2.75) is 56.8 Å². The molecule has 2 aliphatic rings. The summed E-state index contributed by atoms with van der Waals surface area (Å²) in [6.45, 7) is 4.68. The molecule has 0 aromatic heterocycles. The number of carbonyl (C=O) groups excluding carboxylic acids is 1. The molecule has 0 saturated carbocycles. The number of rotatable bonds is 8. The number of oxime groups is 1. The van der Waals surface area contributed by atoms with Crippen LogP contribution in [0.2, 0.25) is 0 Å². The number of hydrogen-bond acceptors (Lipinski definition) is 8. The summed E-state index contributed by atoms with van der Waals surface area (Å²) in [6, 6.07) is 29.5. The molecular formula is C30H31NO7. The Morgan fingerprint density at radius 3 is 1.84 bits per heavy atom. The lowest BCUT2D eigenvalue weighted by Crippen LogP contribution is -2.44. The molecule has 0 spiro atoms. The topological polar surface area (TPSA) is 95.8 Å². The minimum Gasteiger partial charge on any atom is -0.456 e. The van der Waals surface area contributed by atoms with E-state index in [4.69, 9.17) is 23.7 Å². The van der Waals surface area contributed by atoms with Gasteiger partial charge in [-0.1, -0.05) is 96.2 Å². The van der Waals surface area contributed by atoms with E-state index >= 15 is 0 Å². The molecule has 0 unspecified atom stereocenters. The van der Waals surface area contributed by atoms with Crippen LogP contribution in [-0.4, -0.2) is 53.9 Å². The van der Waals surface area contributed by atoms with E-state index in [9.17, 15) is 10.0 Å². The Hall–Kier alpha value is -3.56. The van der Waals surface area contributed by atoms with Crippen LogP contribution in [0.3, 0.4) is 0 Å². The number of nitrogens with zero attached hydrogens (tertiary/aromatic N) is 1. The molecule has 2 aliphatic heterocycles. The van der Waals surface area contributed by atoms with E-state index in [0.29, 0.717) is 0 Å². The third-order valence-corrected chi connectivity index (χ3v) is 6.73. The van der Waals surface area contributed by atoms with Gasteiger partial charge in [0.15, 0.2) is 24.3 Å². The van der Waals surface area contributed by atoms with E-state index in [1.54, 1.807) is 13.8 Å². The first-order chi connectivity index (χ1) is 18.3. The van der Waals surface area contributed by atoms with Crippen LogP contribution in [0.1, 0.15) is 37.5 Å². The lowest BCUT2D eigenvalue weighted by atomic mass is 9.80. The Kier molecular flexibility index (Phi) is 7.32. The molecule has 2 saturated heterocycles. The van der Waals surface area contributed by atoms with Crippen molar-refractivity contribution >= 4 is 11.7 Å². The average molecular weight is 518 g/mol. The van der Waals surface area contributed by atoms with Gasteiger partial charge in [-0.2, -0.15) is 0 Å². The maximum atomic E-state index is 12.0. The van der Waals surface area contributed by atoms with Crippen molar-refractivity contribution in [1.82, 2.24) is 0 Å². The van der Waals surface area contributed by atoms with Gasteiger partial charge in [0.25, 0.3) is 0 Å². The lowest BCUT2D eigenvalue weighted by molar-refractivity contribution is -0.211. The van der Waals surface area contributed by atoms with Crippen LogP contribution in [0.4, 0.5) is 0 Å². The molecule has 198 valence electrons. The van der Waals surface area contributed by atoms with E-state index in [1.807, 2.05) is 91.0 Å². The van der Waals surface area contributed by atoms with Gasteiger partial charge in [0.1, 0.15) is 17.4 Å². The predicted molar refractivity (Wildman–Crippen MR) is 139 cm³/mol. The summed E-state index contributed by atoms with van der Waals surface area (Å²) in [6.07, 6.45) is -3.29. The minimum absolute atomic E-state index is 0.138. The maximum absolute atomic E-state index is 12.0. The summed E-state index contributed by atoms with van der Waals surface area (Å²) in [5, 5.41) is 13.7. The van der Waals surface area contributed by atoms with Crippen LogP contribution in [-0.2, 0) is 34.1 Å². The Morgan fingerprint density at radius 1 is 0.895 bits per heavy atom. The molecule has 2 heterocycles. The van der Waals surface area contributed by atoms with Crippen molar-refractivity contribution in [2.75, 3.05) is 6.61 Å². The molecule has 4 atom stereocenters. The van der Waals surface area contributed by atoms with Crippen LogP contribution < -0.4 is 0 Å². The third kappa shape index (κ3) is 4.96. The van der Waals surface area contributed by atoms with E-state index in [0.717, 1.165) is 16.7 Å². The van der Waals surface area contributed by atoms with Gasteiger partial charge in [-0.05, 0) is 30.5 Å². The van der Waals surface area contributed by atoms with Crippen LogP contribution >= 0.6 is 0 Å². The number of hydrogen-bond donors (Lipinski definition) is 1. The van der Waals surface area contributed by atoms with Crippen molar-refractivity contribution in [2.24, 2.45) is 5.16 Å². The second-order valence-electron chi connectivity index (χ2n) is 9.76. The molecule has 2 fully saturated rings. The summed E-state index contributed by atoms with van der Waals surface area (Å²) in [5.74, 6) is -1.42. The average Bonchev–Trinajstić information content (AvgIpc) is 3.40. The Balaban J connectivity index is 1.52. The van der Waals surface area contributed by atoms with Crippen molar-refractivity contribution in [3.8, 4) is 0 Å². The quantitative estimate of drug-likeness (QED) is 0.153. The molecule has 0 amide bonds. The van der Waals surface area contributed by atoms with E-state index in [2.05, 4.69) is 5.16 Å². The van der Waals surface area contributed by atoms with Gasteiger partial charge in [-0.15, -0.1) is 0 Å². The van der Waals surface area contributed by atoms with Gasteiger partial charge in [-0.25, -0.2) is 0 Å².